The topological polar surface area (TPSA) is 52.1 Å². The normalized spacial score (nSPS) is 11.0. The van der Waals surface area contributed by atoms with Crippen LogP contribution in [0.2, 0.25) is 5.02 Å². The van der Waals surface area contributed by atoms with Gasteiger partial charge in [0.1, 0.15) is 16.2 Å². The third-order valence-electron chi connectivity index (χ3n) is 4.33. The lowest BCUT2D eigenvalue weighted by Gasteiger charge is -2.07. The number of carbonyl (C=O) groups excluding carboxylic acids is 1. The predicted octanol–water partition coefficient (Wildman–Crippen LogP) is 6.48. The number of thiophene rings is 1. The molecule has 0 unspecified atom stereocenters. The number of thioether (sulfide) groups is 1. The highest BCUT2D eigenvalue weighted by molar-refractivity contribution is 7.98. The minimum atomic E-state index is -0.296. The summed E-state index contributed by atoms with van der Waals surface area (Å²) in [5.41, 5.74) is 3.88. The lowest BCUT2D eigenvalue weighted by molar-refractivity contribution is 0.0526. The molecule has 0 aliphatic heterocycles. The van der Waals surface area contributed by atoms with Crippen molar-refractivity contribution < 1.29 is 9.53 Å². The van der Waals surface area contributed by atoms with Gasteiger partial charge in [0.05, 0.1) is 17.6 Å². The van der Waals surface area contributed by atoms with Crippen molar-refractivity contribution in [3.63, 3.8) is 0 Å². The summed E-state index contributed by atoms with van der Waals surface area (Å²) in [5.74, 6) is 0.445. The smallest absolute Gasteiger partial charge is 0.338 e. The van der Waals surface area contributed by atoms with Crippen molar-refractivity contribution in [2.75, 3.05) is 6.61 Å². The minimum Gasteiger partial charge on any atom is -0.462 e. The molecule has 0 spiro atoms. The van der Waals surface area contributed by atoms with Crippen LogP contribution in [0.25, 0.3) is 21.3 Å². The highest BCUT2D eigenvalue weighted by Crippen LogP contribution is 2.38. The molecule has 0 aliphatic carbocycles. The zero-order chi connectivity index (χ0) is 20.2. The molecule has 0 saturated carbocycles. The van der Waals surface area contributed by atoms with Crippen molar-refractivity contribution in [2.45, 2.75) is 17.7 Å². The average Bonchev–Trinajstić information content (AvgIpc) is 3.18. The van der Waals surface area contributed by atoms with Crippen LogP contribution < -0.4 is 0 Å². The van der Waals surface area contributed by atoms with Crippen molar-refractivity contribution >= 4 is 50.9 Å². The maximum atomic E-state index is 11.8. The minimum absolute atomic E-state index is 0.296. The van der Waals surface area contributed by atoms with E-state index >= 15 is 0 Å². The number of nitrogens with zero attached hydrogens (tertiary/aromatic N) is 2. The zero-order valence-corrected chi connectivity index (χ0v) is 18.0. The van der Waals surface area contributed by atoms with Crippen LogP contribution in [0, 0.1) is 0 Å². The Morgan fingerprint density at radius 2 is 1.86 bits per heavy atom. The fourth-order valence-corrected chi connectivity index (χ4v) is 4.98. The molecule has 2 aromatic carbocycles. The largest absolute Gasteiger partial charge is 0.462 e. The maximum absolute atomic E-state index is 11.8. The molecule has 0 fully saturated rings. The first-order valence-electron chi connectivity index (χ1n) is 9.02. The standard InChI is InChI=1S/C22H17ClN2O2S2/c1-2-27-22(26)16-5-3-14(4-6-16)11-28-20-19-18(12-29-21(19)25-13-24-20)15-7-9-17(23)10-8-15/h3-10,12-13H,2,11H2,1H3. The Labute approximate surface area is 181 Å². The van der Waals surface area contributed by atoms with Crippen LogP contribution in [0.15, 0.2) is 65.3 Å². The van der Waals surface area contributed by atoms with Crippen LogP contribution >= 0.6 is 34.7 Å². The number of hydrogen-bond donors (Lipinski definition) is 0. The van der Waals surface area contributed by atoms with Gasteiger partial charge >= 0.3 is 5.97 Å². The van der Waals surface area contributed by atoms with Crippen LogP contribution in [0.4, 0.5) is 0 Å². The van der Waals surface area contributed by atoms with Crippen molar-refractivity contribution in [1.29, 1.82) is 0 Å². The third kappa shape index (κ3) is 4.45. The summed E-state index contributed by atoms with van der Waals surface area (Å²) in [6, 6.07) is 15.3. The lowest BCUT2D eigenvalue weighted by Crippen LogP contribution is -2.04. The Morgan fingerprint density at radius 3 is 2.59 bits per heavy atom. The molecular formula is C22H17ClN2O2S2. The van der Waals surface area contributed by atoms with Crippen molar-refractivity contribution in [3.8, 4) is 11.1 Å². The number of esters is 1. The van der Waals surface area contributed by atoms with Crippen LogP contribution in [0.1, 0.15) is 22.8 Å². The molecule has 7 heteroatoms. The van der Waals surface area contributed by atoms with Gasteiger partial charge in [0.15, 0.2) is 0 Å². The highest BCUT2D eigenvalue weighted by Gasteiger charge is 2.14. The Balaban J connectivity index is 1.58. The second kappa shape index (κ2) is 8.95. The summed E-state index contributed by atoms with van der Waals surface area (Å²) < 4.78 is 5.03. The molecule has 0 saturated heterocycles. The summed E-state index contributed by atoms with van der Waals surface area (Å²) >= 11 is 9.30. The van der Waals surface area contributed by atoms with Gasteiger partial charge in [0.25, 0.3) is 0 Å². The van der Waals surface area contributed by atoms with E-state index in [0.717, 1.165) is 37.7 Å². The van der Waals surface area contributed by atoms with Crippen LogP contribution in [-0.2, 0) is 10.5 Å². The van der Waals surface area contributed by atoms with Gasteiger partial charge in [0, 0.05) is 21.7 Å². The number of ether oxygens (including phenoxy) is 1. The van der Waals surface area contributed by atoms with Crippen molar-refractivity contribution in [1.82, 2.24) is 9.97 Å². The van der Waals surface area contributed by atoms with Crippen molar-refractivity contribution in [3.05, 3.63) is 76.4 Å². The zero-order valence-electron chi connectivity index (χ0n) is 15.6. The van der Waals surface area contributed by atoms with Gasteiger partial charge in [0.2, 0.25) is 0 Å². The number of aromatic nitrogens is 2. The van der Waals surface area contributed by atoms with Crippen molar-refractivity contribution in [2.24, 2.45) is 0 Å². The summed E-state index contributed by atoms with van der Waals surface area (Å²) in [5, 5.41) is 4.83. The molecule has 4 nitrogen and oxygen atoms in total. The SMILES string of the molecule is CCOC(=O)c1ccc(CSc2ncnc3scc(-c4ccc(Cl)cc4)c23)cc1. The third-order valence-corrected chi connectivity index (χ3v) is 6.53. The molecule has 2 aromatic heterocycles. The van der Waals surface area contributed by atoms with Crippen LogP contribution in [-0.4, -0.2) is 22.5 Å². The summed E-state index contributed by atoms with van der Waals surface area (Å²) in [6.45, 7) is 2.17. The monoisotopic (exact) mass is 440 g/mol. The first-order valence-corrected chi connectivity index (χ1v) is 11.3. The molecule has 4 rings (SSSR count). The summed E-state index contributed by atoms with van der Waals surface area (Å²) in [4.78, 5) is 21.7. The number of fused-ring (bicyclic) bond motifs is 1. The predicted molar refractivity (Wildman–Crippen MR) is 120 cm³/mol. The number of benzene rings is 2. The molecular weight excluding hydrogens is 424 g/mol. The summed E-state index contributed by atoms with van der Waals surface area (Å²) in [6.07, 6.45) is 1.61. The van der Waals surface area contributed by atoms with Crippen LogP contribution in [0.3, 0.4) is 0 Å². The van der Waals surface area contributed by atoms with E-state index in [9.17, 15) is 4.79 Å². The van der Waals surface area contributed by atoms with Gasteiger partial charge in [-0.3, -0.25) is 0 Å². The fourth-order valence-electron chi connectivity index (χ4n) is 2.90. The Kier molecular flexibility index (Phi) is 6.13. The number of carbonyl (C=O) groups is 1. The highest BCUT2D eigenvalue weighted by atomic mass is 35.5. The summed E-state index contributed by atoms with van der Waals surface area (Å²) in [7, 11) is 0. The first-order chi connectivity index (χ1) is 14.2. The Hall–Kier alpha value is -2.41. The number of rotatable bonds is 6. The van der Waals surface area contributed by atoms with E-state index in [0.29, 0.717) is 17.2 Å². The Morgan fingerprint density at radius 1 is 1.10 bits per heavy atom. The molecule has 4 aromatic rings. The average molecular weight is 441 g/mol. The molecule has 0 N–H and O–H groups in total. The molecule has 146 valence electrons. The van der Waals surface area contributed by atoms with Crippen LogP contribution in [0.5, 0.6) is 0 Å². The van der Waals surface area contributed by atoms with E-state index < -0.39 is 0 Å². The van der Waals surface area contributed by atoms with Gasteiger partial charge < -0.3 is 4.74 Å². The van der Waals surface area contributed by atoms with Gasteiger partial charge in [-0.05, 0) is 42.3 Å². The second-order valence-corrected chi connectivity index (χ2v) is 8.48. The van der Waals surface area contributed by atoms with E-state index in [1.807, 2.05) is 36.4 Å². The molecule has 2 heterocycles. The fraction of sp³-hybridized carbons (Fsp3) is 0.136. The first kappa shape index (κ1) is 19.9. The van der Waals surface area contributed by atoms with E-state index in [1.165, 1.54) is 0 Å². The quantitative estimate of drug-likeness (QED) is 0.195. The Bertz CT molecular complexity index is 1140. The molecule has 0 aliphatic rings. The second-order valence-electron chi connectivity index (χ2n) is 6.22. The molecule has 0 atom stereocenters. The molecule has 0 bridgehead atoms. The van der Waals surface area contributed by atoms with Gasteiger partial charge in [-0.25, -0.2) is 14.8 Å². The van der Waals surface area contributed by atoms with E-state index in [-0.39, 0.29) is 5.97 Å². The molecule has 0 radical (unpaired) electrons. The van der Waals surface area contributed by atoms with E-state index in [1.54, 1.807) is 48.5 Å². The van der Waals surface area contributed by atoms with Gasteiger partial charge in [-0.15, -0.1) is 23.1 Å². The molecule has 0 amide bonds. The maximum Gasteiger partial charge on any atom is 0.338 e. The van der Waals surface area contributed by atoms with E-state index in [4.69, 9.17) is 16.3 Å². The molecule has 29 heavy (non-hydrogen) atoms. The number of hydrogen-bond acceptors (Lipinski definition) is 6. The van der Waals surface area contributed by atoms with Gasteiger partial charge in [-0.1, -0.05) is 35.9 Å². The number of halogens is 1. The lowest BCUT2D eigenvalue weighted by atomic mass is 10.1. The van der Waals surface area contributed by atoms with E-state index in [2.05, 4.69) is 15.3 Å². The van der Waals surface area contributed by atoms with Gasteiger partial charge in [-0.2, -0.15) is 0 Å².